The van der Waals surface area contributed by atoms with Crippen LogP contribution in [0.25, 0.3) is 10.8 Å². The van der Waals surface area contributed by atoms with Crippen LogP contribution >= 0.6 is 0 Å². The molecule has 0 bridgehead atoms. The van der Waals surface area contributed by atoms with E-state index in [0.29, 0.717) is 0 Å². The van der Waals surface area contributed by atoms with E-state index in [1.165, 1.54) is 66.7 Å². The molecule has 0 spiro atoms. The highest BCUT2D eigenvalue weighted by Crippen LogP contribution is 2.30. The Labute approximate surface area is 223 Å². The Morgan fingerprint density at radius 2 is 1.11 bits per heavy atom. The van der Waals surface area contributed by atoms with E-state index < -0.39 is 52.6 Å². The van der Waals surface area contributed by atoms with E-state index in [1.807, 2.05) is 0 Å². The molecule has 0 aliphatic carbocycles. The molecular formula is C22H16N2O10S4-2. The van der Waals surface area contributed by atoms with Crippen LogP contribution in [0.15, 0.2) is 107 Å². The largest absolute Gasteiger partial charge is 0.753 e. The summed E-state index contributed by atoms with van der Waals surface area (Å²) in [4.78, 5) is -1.13. The first-order valence-electron chi connectivity index (χ1n) is 10.3. The Morgan fingerprint density at radius 3 is 1.61 bits per heavy atom. The van der Waals surface area contributed by atoms with E-state index in [2.05, 4.69) is 0 Å². The Kier molecular flexibility index (Phi) is 8.24. The molecule has 4 aromatic carbocycles. The van der Waals surface area contributed by atoms with Gasteiger partial charge in [-0.05, 0) is 47.9 Å². The molecule has 0 radical (unpaired) electrons. The van der Waals surface area contributed by atoms with Gasteiger partial charge in [-0.1, -0.05) is 54.6 Å². The minimum Gasteiger partial charge on any atom is -0.753 e. The lowest BCUT2D eigenvalue weighted by atomic mass is 10.1. The first-order chi connectivity index (χ1) is 18.0. The summed E-state index contributed by atoms with van der Waals surface area (Å²) in [7, 11) is -9.63. The second-order valence-corrected chi connectivity index (χ2v) is 11.9. The molecular weight excluding hydrogens is 581 g/mol. The first kappa shape index (κ1) is 27.8. The van der Waals surface area contributed by atoms with Crippen molar-refractivity contribution in [1.82, 2.24) is 0 Å². The zero-order chi connectivity index (χ0) is 27.5. The Balaban J connectivity index is 1.75. The van der Waals surface area contributed by atoms with Crippen LogP contribution in [0.1, 0.15) is 0 Å². The van der Waals surface area contributed by atoms with Gasteiger partial charge in [-0.3, -0.25) is 0 Å². The lowest BCUT2D eigenvalue weighted by Gasteiger charge is -2.24. The lowest BCUT2D eigenvalue weighted by Crippen LogP contribution is -2.29. The molecule has 0 saturated carbocycles. The number of hydrogen-bond donors (Lipinski definition) is 0. The number of nitrogens with zero attached hydrogens (tertiary/aromatic N) is 2. The average molecular weight is 597 g/mol. The van der Waals surface area contributed by atoms with Crippen LogP contribution in [0.2, 0.25) is 0 Å². The maximum absolute atomic E-state index is 13.1. The van der Waals surface area contributed by atoms with Crippen LogP contribution in [0.4, 0.5) is 11.4 Å². The highest BCUT2D eigenvalue weighted by atomic mass is 32.2. The average Bonchev–Trinajstić information content (AvgIpc) is 2.90. The molecule has 38 heavy (non-hydrogen) atoms. The van der Waals surface area contributed by atoms with Crippen LogP contribution in [0.5, 0.6) is 0 Å². The van der Waals surface area contributed by atoms with Gasteiger partial charge in [0, 0.05) is 5.39 Å². The number of anilines is 2. The number of hydrogen-bond acceptors (Lipinski definition) is 10. The van der Waals surface area contributed by atoms with Gasteiger partial charge in [0.05, 0.1) is 38.8 Å². The summed E-state index contributed by atoms with van der Waals surface area (Å²) in [6.45, 7) is 0. The van der Waals surface area contributed by atoms with Crippen molar-refractivity contribution in [2.45, 2.75) is 9.79 Å². The standard InChI is InChI=1S/C22H18N2O10S4/c25-35(26)23(18-9-3-1-4-10-18)33-37(29,30)20-15-14-17-8-7-13-22(21(17)16-20)38(31,32)34-24(36(27)28)19-11-5-2-6-12-19/h1-16H,(H,25,26)(H,27,28)/p-2. The zero-order valence-corrected chi connectivity index (χ0v) is 22.1. The van der Waals surface area contributed by atoms with E-state index in [9.17, 15) is 34.4 Å². The molecule has 4 rings (SSSR count). The summed E-state index contributed by atoms with van der Waals surface area (Å²) in [5.41, 5.74) is -0.207. The fraction of sp³-hybridized carbons (Fsp3) is 0. The van der Waals surface area contributed by atoms with Gasteiger partial charge < -0.3 is 9.11 Å². The Hall–Kier alpha value is -3.22. The fourth-order valence-corrected chi connectivity index (χ4v) is 6.61. The van der Waals surface area contributed by atoms with Crippen molar-refractivity contribution in [3.05, 3.63) is 97.1 Å². The maximum Gasteiger partial charge on any atom is 0.319 e. The second kappa shape index (κ2) is 11.3. The van der Waals surface area contributed by atoms with Crippen molar-refractivity contribution < 1.29 is 42.9 Å². The predicted molar refractivity (Wildman–Crippen MR) is 136 cm³/mol. The quantitative estimate of drug-likeness (QED) is 0.196. The SMILES string of the molecule is O=S([O-])N(OS(=O)(=O)c1ccc2cccc(S(=O)(=O)ON(c3ccccc3)S(=O)[O-])c2c1)c1ccccc1. The smallest absolute Gasteiger partial charge is 0.319 e. The van der Waals surface area contributed by atoms with Gasteiger partial charge in [0.25, 0.3) is 0 Å². The van der Waals surface area contributed by atoms with Crippen molar-refractivity contribution >= 4 is 64.9 Å². The summed E-state index contributed by atoms with van der Waals surface area (Å²) in [6.07, 6.45) is 0. The first-order valence-corrected chi connectivity index (χ1v) is 15.2. The van der Waals surface area contributed by atoms with E-state index >= 15 is 0 Å². The van der Waals surface area contributed by atoms with Gasteiger partial charge in [0.1, 0.15) is 4.90 Å². The van der Waals surface area contributed by atoms with Crippen LogP contribution < -0.4 is 8.94 Å². The highest BCUT2D eigenvalue weighted by Gasteiger charge is 2.27. The van der Waals surface area contributed by atoms with Crippen molar-refractivity contribution in [3.63, 3.8) is 0 Å². The number of para-hydroxylation sites is 2. The van der Waals surface area contributed by atoms with E-state index in [-0.39, 0.29) is 31.1 Å². The second-order valence-electron chi connectivity index (χ2n) is 7.32. The predicted octanol–water partition coefficient (Wildman–Crippen LogP) is 2.68. The molecule has 12 nitrogen and oxygen atoms in total. The molecule has 0 aromatic heterocycles. The van der Waals surface area contributed by atoms with Crippen LogP contribution in [-0.4, -0.2) is 34.4 Å². The van der Waals surface area contributed by atoms with E-state index in [0.717, 1.165) is 18.2 Å². The monoisotopic (exact) mass is 596 g/mol. The molecule has 200 valence electrons. The number of fused-ring (bicyclic) bond motifs is 1. The topological polar surface area (TPSA) is 173 Å². The van der Waals surface area contributed by atoms with Gasteiger partial charge in [-0.25, -0.2) is 8.42 Å². The Bertz CT molecular complexity index is 1720. The van der Waals surface area contributed by atoms with Crippen LogP contribution in [-0.2, 0) is 51.3 Å². The van der Waals surface area contributed by atoms with E-state index in [1.54, 1.807) is 12.1 Å². The van der Waals surface area contributed by atoms with Gasteiger partial charge in [-0.15, -0.1) is 8.57 Å². The zero-order valence-electron chi connectivity index (χ0n) is 18.8. The minimum absolute atomic E-state index is 0.103. The molecule has 0 amide bonds. The van der Waals surface area contributed by atoms with Crippen LogP contribution in [0.3, 0.4) is 0 Å². The summed E-state index contributed by atoms with van der Waals surface area (Å²) in [5.74, 6) is 0. The van der Waals surface area contributed by atoms with Crippen molar-refractivity contribution in [1.29, 1.82) is 0 Å². The molecule has 2 atom stereocenters. The summed E-state index contributed by atoms with van der Waals surface area (Å²) < 4.78 is 109. The Morgan fingerprint density at radius 1 is 0.605 bits per heavy atom. The van der Waals surface area contributed by atoms with Crippen molar-refractivity contribution in [2.75, 3.05) is 8.94 Å². The van der Waals surface area contributed by atoms with Gasteiger partial charge in [0.2, 0.25) is 0 Å². The summed E-state index contributed by atoms with van der Waals surface area (Å²) >= 11 is -6.30. The van der Waals surface area contributed by atoms with Gasteiger partial charge in [-0.2, -0.15) is 25.8 Å². The van der Waals surface area contributed by atoms with Gasteiger partial charge >= 0.3 is 20.2 Å². The minimum atomic E-state index is -4.83. The van der Waals surface area contributed by atoms with E-state index in [4.69, 9.17) is 8.57 Å². The maximum atomic E-state index is 13.1. The molecule has 2 unspecified atom stereocenters. The fourth-order valence-electron chi connectivity index (χ4n) is 3.27. The molecule has 16 heteroatoms. The van der Waals surface area contributed by atoms with Crippen molar-refractivity contribution in [3.8, 4) is 0 Å². The number of rotatable bonds is 10. The molecule has 0 aliphatic rings. The molecule has 0 aliphatic heterocycles. The highest BCUT2D eigenvalue weighted by molar-refractivity contribution is 7.88. The normalized spacial score (nSPS) is 13.6. The molecule has 0 heterocycles. The van der Waals surface area contributed by atoms with Crippen molar-refractivity contribution in [2.24, 2.45) is 0 Å². The third-order valence-electron chi connectivity index (χ3n) is 4.91. The van der Waals surface area contributed by atoms with Crippen LogP contribution in [0, 0.1) is 0 Å². The molecule has 4 aromatic rings. The molecule has 0 saturated heterocycles. The third kappa shape index (κ3) is 6.08. The summed E-state index contributed by atoms with van der Waals surface area (Å²) in [6, 6.07) is 21.5. The lowest BCUT2D eigenvalue weighted by molar-refractivity contribution is 0.328. The molecule has 0 N–H and O–H groups in total. The number of benzene rings is 4. The third-order valence-corrected chi connectivity index (χ3v) is 8.63. The summed E-state index contributed by atoms with van der Waals surface area (Å²) in [5, 5.41) is 0.104. The van der Waals surface area contributed by atoms with Gasteiger partial charge in [0.15, 0.2) is 0 Å². The molecule has 0 fully saturated rings.